The summed E-state index contributed by atoms with van der Waals surface area (Å²) in [5.41, 5.74) is 2.95. The van der Waals surface area contributed by atoms with Gasteiger partial charge in [0.1, 0.15) is 0 Å². The van der Waals surface area contributed by atoms with Gasteiger partial charge in [-0.25, -0.2) is 15.8 Å². The number of anilines is 1. The van der Waals surface area contributed by atoms with Crippen molar-refractivity contribution in [3.05, 3.63) is 44.5 Å². The van der Waals surface area contributed by atoms with Gasteiger partial charge in [-0.15, -0.1) is 0 Å². The monoisotopic (exact) mass is 344 g/mol. The van der Waals surface area contributed by atoms with E-state index in [1.165, 1.54) is 23.3 Å². The molecule has 88 valence electrons. The van der Waals surface area contributed by atoms with Crippen LogP contribution in [0.25, 0.3) is 0 Å². The molecule has 0 unspecified atom stereocenters. The third-order valence-electron chi connectivity index (χ3n) is 2.04. The summed E-state index contributed by atoms with van der Waals surface area (Å²) >= 11 is 1.95. The third kappa shape index (κ3) is 2.77. The van der Waals surface area contributed by atoms with E-state index in [-0.39, 0.29) is 5.56 Å². The number of nitrogens with two attached hydrogens (primary N) is 1. The summed E-state index contributed by atoms with van der Waals surface area (Å²) in [6.07, 6.45) is 6.05. The fourth-order valence-electron chi connectivity index (χ4n) is 1.22. The average Bonchev–Trinajstić information content (AvgIpc) is 2.36. The molecule has 2 aromatic heterocycles. The van der Waals surface area contributed by atoms with Crippen LogP contribution in [0.4, 0.5) is 5.82 Å². The molecule has 8 heteroatoms. The van der Waals surface area contributed by atoms with E-state index in [0.717, 1.165) is 0 Å². The standard InChI is InChI=1S/C9H9IN6O/c10-7-2-12-5-16(9(7)17)4-6-1-14-8(15-11)3-13-6/h1-3,5H,4,11H2,(H,14,15). The molecule has 0 amide bonds. The highest BCUT2D eigenvalue weighted by atomic mass is 127. The van der Waals surface area contributed by atoms with Gasteiger partial charge in [-0.1, -0.05) is 0 Å². The number of halogens is 1. The van der Waals surface area contributed by atoms with E-state index in [1.807, 2.05) is 22.6 Å². The maximum Gasteiger partial charge on any atom is 0.267 e. The number of nitrogens with one attached hydrogen (secondary N) is 1. The summed E-state index contributed by atoms with van der Waals surface area (Å²) in [7, 11) is 0. The molecule has 0 aliphatic carbocycles. The molecule has 0 bridgehead atoms. The zero-order chi connectivity index (χ0) is 12.3. The number of nitrogens with zero attached hydrogens (tertiary/aromatic N) is 4. The SMILES string of the molecule is NNc1cnc(Cn2cncc(I)c2=O)cn1. The molecule has 2 heterocycles. The van der Waals surface area contributed by atoms with E-state index in [9.17, 15) is 4.79 Å². The van der Waals surface area contributed by atoms with Crippen molar-refractivity contribution < 1.29 is 0 Å². The minimum absolute atomic E-state index is 0.0940. The normalized spacial score (nSPS) is 10.2. The first kappa shape index (κ1) is 11.9. The molecule has 0 aromatic carbocycles. The van der Waals surface area contributed by atoms with Gasteiger partial charge in [0.05, 0.1) is 34.5 Å². The Labute approximate surface area is 110 Å². The van der Waals surface area contributed by atoms with Gasteiger partial charge in [-0.2, -0.15) is 0 Å². The second-order valence-electron chi connectivity index (χ2n) is 3.21. The van der Waals surface area contributed by atoms with Crippen LogP contribution in [0.3, 0.4) is 0 Å². The Morgan fingerprint density at radius 1 is 1.35 bits per heavy atom. The lowest BCUT2D eigenvalue weighted by Crippen LogP contribution is -2.23. The second-order valence-corrected chi connectivity index (χ2v) is 4.37. The molecular formula is C9H9IN6O. The smallest absolute Gasteiger partial charge is 0.267 e. The van der Waals surface area contributed by atoms with Crippen LogP contribution in [-0.4, -0.2) is 19.5 Å². The predicted octanol–water partition coefficient (Wildman–Crippen LogP) is -0.0282. The number of hydrogen-bond acceptors (Lipinski definition) is 6. The Bertz CT molecular complexity index is 566. The van der Waals surface area contributed by atoms with Crippen molar-refractivity contribution >= 4 is 28.4 Å². The van der Waals surface area contributed by atoms with Crippen LogP contribution in [0.15, 0.2) is 29.7 Å². The molecule has 0 radical (unpaired) electrons. The molecule has 0 atom stereocenters. The molecule has 0 aliphatic rings. The molecule has 0 fully saturated rings. The van der Waals surface area contributed by atoms with Gasteiger partial charge in [-0.05, 0) is 22.6 Å². The molecule has 3 N–H and O–H groups in total. The number of aromatic nitrogens is 4. The molecule has 17 heavy (non-hydrogen) atoms. The maximum atomic E-state index is 11.7. The van der Waals surface area contributed by atoms with Gasteiger partial charge in [0.2, 0.25) is 0 Å². The zero-order valence-electron chi connectivity index (χ0n) is 8.67. The minimum atomic E-state index is -0.0940. The molecule has 7 nitrogen and oxygen atoms in total. The summed E-state index contributed by atoms with van der Waals surface area (Å²) in [5.74, 6) is 5.65. The Morgan fingerprint density at radius 3 is 2.82 bits per heavy atom. The highest BCUT2D eigenvalue weighted by molar-refractivity contribution is 14.1. The van der Waals surface area contributed by atoms with Crippen molar-refractivity contribution in [2.75, 3.05) is 5.43 Å². The van der Waals surface area contributed by atoms with Crippen molar-refractivity contribution in [3.63, 3.8) is 0 Å². The summed E-state index contributed by atoms with van der Waals surface area (Å²) < 4.78 is 2.04. The van der Waals surface area contributed by atoms with Crippen molar-refractivity contribution in [1.82, 2.24) is 19.5 Å². The minimum Gasteiger partial charge on any atom is -0.307 e. The number of nitrogen functional groups attached to an aromatic ring is 1. The highest BCUT2D eigenvalue weighted by Gasteiger charge is 2.03. The summed E-state index contributed by atoms with van der Waals surface area (Å²) in [5, 5.41) is 0. The first-order valence-corrected chi connectivity index (χ1v) is 5.76. The van der Waals surface area contributed by atoms with E-state index in [4.69, 9.17) is 5.84 Å². The van der Waals surface area contributed by atoms with Gasteiger partial charge in [0.15, 0.2) is 5.82 Å². The van der Waals surface area contributed by atoms with Gasteiger partial charge in [0.25, 0.3) is 5.56 Å². The van der Waals surface area contributed by atoms with Crippen molar-refractivity contribution in [2.45, 2.75) is 6.54 Å². The molecule has 2 rings (SSSR count). The van der Waals surface area contributed by atoms with E-state index in [2.05, 4.69) is 20.4 Å². The molecule has 0 aliphatic heterocycles. The van der Waals surface area contributed by atoms with Crippen LogP contribution in [0.5, 0.6) is 0 Å². The van der Waals surface area contributed by atoms with Crippen LogP contribution in [0.1, 0.15) is 5.69 Å². The van der Waals surface area contributed by atoms with Gasteiger partial charge < -0.3 is 5.43 Å². The average molecular weight is 344 g/mol. The molecule has 2 aromatic rings. The van der Waals surface area contributed by atoms with E-state index in [0.29, 0.717) is 21.6 Å². The molecular weight excluding hydrogens is 335 g/mol. The number of rotatable bonds is 3. The Kier molecular flexibility index (Phi) is 3.64. The summed E-state index contributed by atoms with van der Waals surface area (Å²) in [6.45, 7) is 0.334. The van der Waals surface area contributed by atoms with Gasteiger partial charge in [0, 0.05) is 6.20 Å². The molecule has 0 saturated carbocycles. The van der Waals surface area contributed by atoms with Crippen LogP contribution in [0.2, 0.25) is 0 Å². The Hall–Kier alpha value is -1.55. The lowest BCUT2D eigenvalue weighted by atomic mass is 10.4. The van der Waals surface area contributed by atoms with Gasteiger partial charge >= 0.3 is 0 Å². The fourth-order valence-corrected chi connectivity index (χ4v) is 1.69. The first-order chi connectivity index (χ1) is 8.20. The lowest BCUT2D eigenvalue weighted by molar-refractivity contribution is 0.710. The van der Waals surface area contributed by atoms with Crippen molar-refractivity contribution in [2.24, 2.45) is 5.84 Å². The van der Waals surface area contributed by atoms with E-state index in [1.54, 1.807) is 6.20 Å². The topological polar surface area (TPSA) is 98.7 Å². The van der Waals surface area contributed by atoms with E-state index >= 15 is 0 Å². The van der Waals surface area contributed by atoms with Crippen molar-refractivity contribution in [1.29, 1.82) is 0 Å². The Morgan fingerprint density at radius 2 is 2.18 bits per heavy atom. The number of hydrogen-bond donors (Lipinski definition) is 2. The van der Waals surface area contributed by atoms with Crippen LogP contribution >= 0.6 is 22.6 Å². The molecule has 0 spiro atoms. The van der Waals surface area contributed by atoms with Gasteiger partial charge in [-0.3, -0.25) is 14.3 Å². The molecule has 0 saturated heterocycles. The van der Waals surface area contributed by atoms with Crippen LogP contribution in [-0.2, 0) is 6.54 Å². The lowest BCUT2D eigenvalue weighted by Gasteiger charge is -2.05. The largest absolute Gasteiger partial charge is 0.307 e. The third-order valence-corrected chi connectivity index (χ3v) is 2.78. The summed E-state index contributed by atoms with van der Waals surface area (Å²) in [6, 6.07) is 0. The number of hydrazine groups is 1. The fraction of sp³-hybridized carbons (Fsp3) is 0.111. The van der Waals surface area contributed by atoms with Crippen LogP contribution < -0.4 is 16.8 Å². The highest BCUT2D eigenvalue weighted by Crippen LogP contribution is 2.01. The predicted molar refractivity (Wildman–Crippen MR) is 70.2 cm³/mol. The van der Waals surface area contributed by atoms with E-state index < -0.39 is 0 Å². The first-order valence-electron chi connectivity index (χ1n) is 4.68. The Balaban J connectivity index is 2.25. The van der Waals surface area contributed by atoms with Crippen molar-refractivity contribution in [3.8, 4) is 0 Å². The quantitative estimate of drug-likeness (QED) is 0.461. The summed E-state index contributed by atoms with van der Waals surface area (Å²) in [4.78, 5) is 23.8. The zero-order valence-corrected chi connectivity index (χ0v) is 10.8. The maximum absolute atomic E-state index is 11.7. The second kappa shape index (κ2) is 5.19. The van der Waals surface area contributed by atoms with Crippen LogP contribution in [0, 0.1) is 3.57 Å².